The van der Waals surface area contributed by atoms with Gasteiger partial charge >= 0.3 is 0 Å². The van der Waals surface area contributed by atoms with Crippen molar-refractivity contribution in [1.82, 2.24) is 4.90 Å². The van der Waals surface area contributed by atoms with E-state index >= 15 is 0 Å². The molecule has 0 aliphatic heterocycles. The van der Waals surface area contributed by atoms with Crippen LogP contribution in [-0.4, -0.2) is 31.1 Å². The fraction of sp³-hybridized carbons (Fsp3) is 0.600. The third-order valence-corrected chi connectivity index (χ3v) is 3.53. The molecule has 0 aromatic heterocycles. The van der Waals surface area contributed by atoms with Crippen LogP contribution < -0.4 is 5.32 Å². The van der Waals surface area contributed by atoms with Gasteiger partial charge in [-0.1, -0.05) is 44.9 Å². The van der Waals surface area contributed by atoms with Crippen LogP contribution in [0.25, 0.3) is 0 Å². The number of halogens is 1. The predicted octanol–water partition coefficient (Wildman–Crippen LogP) is 4.12. The van der Waals surface area contributed by atoms with Crippen LogP contribution in [-0.2, 0) is 0 Å². The molecule has 0 heterocycles. The molecule has 0 amide bonds. The first-order valence-electron chi connectivity index (χ1n) is 6.87. The van der Waals surface area contributed by atoms with E-state index in [9.17, 15) is 0 Å². The quantitative estimate of drug-likeness (QED) is 0.763. The Bertz CT molecular complexity index is 341. The number of hydrogen-bond acceptors (Lipinski definition) is 2. The van der Waals surface area contributed by atoms with Crippen molar-refractivity contribution in [3.63, 3.8) is 0 Å². The number of likely N-dealkylation sites (N-methyl/N-ethyl adjacent to an activating group) is 1. The minimum absolute atomic E-state index is 0.774. The average molecular weight is 269 g/mol. The van der Waals surface area contributed by atoms with Gasteiger partial charge in [0.05, 0.1) is 0 Å². The zero-order valence-electron chi connectivity index (χ0n) is 11.7. The van der Waals surface area contributed by atoms with Gasteiger partial charge in [-0.2, -0.15) is 0 Å². The molecule has 0 bridgehead atoms. The number of hydrogen-bond donors (Lipinski definition) is 1. The fourth-order valence-electron chi connectivity index (χ4n) is 1.91. The zero-order valence-corrected chi connectivity index (χ0v) is 12.5. The number of anilines is 1. The maximum absolute atomic E-state index is 5.95. The predicted molar refractivity (Wildman–Crippen MR) is 81.5 cm³/mol. The molecule has 1 atom stereocenters. The summed E-state index contributed by atoms with van der Waals surface area (Å²) in [6.45, 7) is 11.1. The smallest absolute Gasteiger partial charge is 0.0426 e. The fourth-order valence-corrected chi connectivity index (χ4v) is 2.10. The van der Waals surface area contributed by atoms with Crippen LogP contribution in [0, 0.1) is 5.92 Å². The molecule has 0 radical (unpaired) electrons. The molecule has 1 N–H and O–H groups in total. The molecule has 18 heavy (non-hydrogen) atoms. The van der Waals surface area contributed by atoms with Crippen LogP contribution in [0.15, 0.2) is 24.3 Å². The van der Waals surface area contributed by atoms with E-state index in [1.54, 1.807) is 0 Å². The van der Waals surface area contributed by atoms with E-state index in [1.807, 2.05) is 18.2 Å². The highest BCUT2D eigenvalue weighted by molar-refractivity contribution is 6.30. The summed E-state index contributed by atoms with van der Waals surface area (Å²) in [5.41, 5.74) is 1.10. The van der Waals surface area contributed by atoms with Crippen LogP contribution in [0.2, 0.25) is 5.02 Å². The van der Waals surface area contributed by atoms with Gasteiger partial charge in [-0.15, -0.1) is 0 Å². The van der Waals surface area contributed by atoms with Crippen LogP contribution in [0.3, 0.4) is 0 Å². The zero-order chi connectivity index (χ0) is 13.4. The first kappa shape index (κ1) is 15.3. The topological polar surface area (TPSA) is 15.3 Å². The molecule has 102 valence electrons. The highest BCUT2D eigenvalue weighted by Gasteiger charge is 2.06. The maximum atomic E-state index is 5.95. The van der Waals surface area contributed by atoms with Crippen molar-refractivity contribution in [3.05, 3.63) is 29.3 Å². The summed E-state index contributed by atoms with van der Waals surface area (Å²) in [7, 11) is 0. The maximum Gasteiger partial charge on any atom is 0.0426 e. The molecule has 0 aliphatic rings. The van der Waals surface area contributed by atoms with Crippen molar-refractivity contribution in [3.8, 4) is 0 Å². The van der Waals surface area contributed by atoms with Gasteiger partial charge in [-0.25, -0.2) is 0 Å². The molecule has 0 spiro atoms. The molecule has 1 aromatic carbocycles. The minimum atomic E-state index is 0.774. The molecule has 0 aliphatic carbocycles. The third-order valence-electron chi connectivity index (χ3n) is 3.30. The van der Waals surface area contributed by atoms with Crippen LogP contribution >= 0.6 is 11.6 Å². The largest absolute Gasteiger partial charge is 0.384 e. The molecule has 0 fully saturated rings. The van der Waals surface area contributed by atoms with Gasteiger partial charge < -0.3 is 10.2 Å². The Labute approximate surface area is 116 Å². The summed E-state index contributed by atoms with van der Waals surface area (Å²) >= 11 is 5.95. The Morgan fingerprint density at radius 1 is 1.33 bits per heavy atom. The average Bonchev–Trinajstić information content (AvgIpc) is 2.37. The van der Waals surface area contributed by atoms with Crippen LogP contribution in [0.1, 0.15) is 27.2 Å². The summed E-state index contributed by atoms with van der Waals surface area (Å²) < 4.78 is 0. The molecule has 2 nitrogen and oxygen atoms in total. The monoisotopic (exact) mass is 268 g/mol. The van der Waals surface area contributed by atoms with Crippen molar-refractivity contribution < 1.29 is 0 Å². The van der Waals surface area contributed by atoms with Crippen molar-refractivity contribution in [2.75, 3.05) is 31.5 Å². The van der Waals surface area contributed by atoms with Gasteiger partial charge in [-0.3, -0.25) is 0 Å². The van der Waals surface area contributed by atoms with Gasteiger partial charge in [0, 0.05) is 30.3 Å². The molecule has 1 rings (SSSR count). The summed E-state index contributed by atoms with van der Waals surface area (Å²) in [4.78, 5) is 2.49. The number of rotatable bonds is 8. The second-order valence-electron chi connectivity index (χ2n) is 4.84. The van der Waals surface area contributed by atoms with Crippen molar-refractivity contribution in [2.45, 2.75) is 27.2 Å². The van der Waals surface area contributed by atoms with E-state index in [2.05, 4.69) is 37.1 Å². The second kappa shape index (κ2) is 8.39. The molecule has 3 heteroatoms. The molecule has 0 saturated carbocycles. The van der Waals surface area contributed by atoms with Crippen LogP contribution in [0.5, 0.6) is 0 Å². The molecule has 1 aromatic rings. The molecular weight excluding hydrogens is 244 g/mol. The Morgan fingerprint density at radius 3 is 2.72 bits per heavy atom. The molecule has 1 unspecified atom stereocenters. The summed E-state index contributed by atoms with van der Waals surface area (Å²) in [6, 6.07) is 7.89. The standard InChI is InChI=1S/C15H25ClN2/c1-4-13(3)12-18(5-2)10-9-17-15-8-6-7-14(16)11-15/h6-8,11,13,17H,4-5,9-10,12H2,1-3H3. The Morgan fingerprint density at radius 2 is 2.11 bits per heavy atom. The van der Waals surface area contributed by atoms with Gasteiger partial charge in [0.2, 0.25) is 0 Å². The van der Waals surface area contributed by atoms with E-state index in [4.69, 9.17) is 11.6 Å². The van der Waals surface area contributed by atoms with E-state index < -0.39 is 0 Å². The lowest BCUT2D eigenvalue weighted by atomic mass is 10.1. The van der Waals surface area contributed by atoms with E-state index in [-0.39, 0.29) is 0 Å². The van der Waals surface area contributed by atoms with Crippen molar-refractivity contribution >= 4 is 17.3 Å². The van der Waals surface area contributed by atoms with E-state index in [0.29, 0.717) is 0 Å². The lowest BCUT2D eigenvalue weighted by Gasteiger charge is -2.24. The van der Waals surface area contributed by atoms with Crippen molar-refractivity contribution in [1.29, 1.82) is 0 Å². The molecular formula is C15H25ClN2. The van der Waals surface area contributed by atoms with Gasteiger partial charge in [-0.05, 0) is 30.7 Å². The van der Waals surface area contributed by atoms with Gasteiger partial charge in [0.15, 0.2) is 0 Å². The minimum Gasteiger partial charge on any atom is -0.384 e. The second-order valence-corrected chi connectivity index (χ2v) is 5.28. The summed E-state index contributed by atoms with van der Waals surface area (Å²) in [6.07, 6.45) is 1.25. The number of nitrogens with zero attached hydrogens (tertiary/aromatic N) is 1. The van der Waals surface area contributed by atoms with Gasteiger partial charge in [0.25, 0.3) is 0 Å². The number of benzene rings is 1. The number of nitrogens with one attached hydrogen (secondary N) is 1. The normalized spacial score (nSPS) is 12.7. The summed E-state index contributed by atoms with van der Waals surface area (Å²) in [5, 5.41) is 4.20. The highest BCUT2D eigenvalue weighted by Crippen LogP contribution is 2.14. The summed E-state index contributed by atoms with van der Waals surface area (Å²) in [5.74, 6) is 0.774. The first-order valence-corrected chi connectivity index (χ1v) is 7.25. The Balaban J connectivity index is 2.31. The van der Waals surface area contributed by atoms with Crippen LogP contribution in [0.4, 0.5) is 5.69 Å². The van der Waals surface area contributed by atoms with Crippen molar-refractivity contribution in [2.24, 2.45) is 5.92 Å². The molecule has 0 saturated heterocycles. The Hall–Kier alpha value is -0.730. The van der Waals surface area contributed by atoms with Gasteiger partial charge in [0.1, 0.15) is 0 Å². The lowest BCUT2D eigenvalue weighted by Crippen LogP contribution is -2.32. The SMILES string of the molecule is CCC(C)CN(CC)CCNc1cccc(Cl)c1. The first-order chi connectivity index (χ1) is 8.65. The lowest BCUT2D eigenvalue weighted by molar-refractivity contribution is 0.254. The van der Waals surface area contributed by atoms with E-state index in [1.165, 1.54) is 13.0 Å². The Kier molecular flexibility index (Phi) is 7.14. The highest BCUT2D eigenvalue weighted by atomic mass is 35.5. The third kappa shape index (κ3) is 5.74. The van der Waals surface area contributed by atoms with E-state index in [0.717, 1.165) is 36.3 Å².